The summed E-state index contributed by atoms with van der Waals surface area (Å²) in [6, 6.07) is -1.09. The largest absolute Gasteiger partial charge is 0.465 e. The number of hydrogen-bond acceptors (Lipinski definition) is 5. The molecule has 8 heteroatoms. The molecule has 0 spiro atoms. The lowest BCUT2D eigenvalue weighted by atomic mass is 10.3. The van der Waals surface area contributed by atoms with E-state index in [0.29, 0.717) is 0 Å². The molecule has 0 rings (SSSR count). The molecule has 0 aliphatic carbocycles. The van der Waals surface area contributed by atoms with Crippen LogP contribution in [0, 0.1) is 0 Å². The summed E-state index contributed by atoms with van der Waals surface area (Å²) in [7, 11) is -4.22. The Morgan fingerprint density at radius 1 is 1.57 bits per heavy atom. The second-order valence-electron chi connectivity index (χ2n) is 2.51. The molecule has 0 saturated heterocycles. The number of carbonyl (C=O) groups excluding carboxylic acids is 1. The van der Waals surface area contributed by atoms with Crippen LogP contribution in [-0.2, 0) is 14.1 Å². The van der Waals surface area contributed by atoms with Crippen molar-refractivity contribution in [3.05, 3.63) is 0 Å². The maximum Gasteiger partial charge on any atom is 0.339 e. The van der Waals surface area contributed by atoms with E-state index >= 15 is 0 Å². The van der Waals surface area contributed by atoms with Gasteiger partial charge in [-0.05, 0) is 6.92 Å². The zero-order valence-corrected chi connectivity index (χ0v) is 8.61. The maximum absolute atomic E-state index is 11.0. The van der Waals surface area contributed by atoms with Gasteiger partial charge in [0.1, 0.15) is 6.04 Å². The predicted octanol–water partition coefficient (Wildman–Crippen LogP) is -1.36. The Kier molecular flexibility index (Phi) is 5.90. The van der Waals surface area contributed by atoms with Gasteiger partial charge < -0.3 is 19.6 Å². The van der Waals surface area contributed by atoms with Gasteiger partial charge in [-0.1, -0.05) is 0 Å². The lowest BCUT2D eigenvalue weighted by Gasteiger charge is -2.14. The molecule has 0 heterocycles. The number of rotatable bonds is 6. The Balaban J connectivity index is 4.03. The Labute approximate surface area is 81.2 Å². The quantitative estimate of drug-likeness (QED) is 0.327. The molecule has 1 atom stereocenters. The van der Waals surface area contributed by atoms with Crippen LogP contribution in [0.25, 0.3) is 0 Å². The maximum atomic E-state index is 11.0. The van der Waals surface area contributed by atoms with Crippen LogP contribution in [0.15, 0.2) is 0 Å². The monoisotopic (exact) mass is 227 g/mol. The van der Waals surface area contributed by atoms with Crippen molar-refractivity contribution in [2.24, 2.45) is 0 Å². The molecule has 0 amide bonds. The molecular formula is C6H14NO6P. The van der Waals surface area contributed by atoms with Crippen molar-refractivity contribution in [2.75, 3.05) is 19.5 Å². The first-order chi connectivity index (χ1) is 6.40. The van der Waals surface area contributed by atoms with Crippen LogP contribution in [0.2, 0.25) is 0 Å². The van der Waals surface area contributed by atoms with Crippen LogP contribution in [0.5, 0.6) is 0 Å². The summed E-state index contributed by atoms with van der Waals surface area (Å²) in [4.78, 5) is 28.0. The third-order valence-corrected chi connectivity index (χ3v) is 1.89. The highest BCUT2D eigenvalue weighted by atomic mass is 31.2. The number of carbonyl (C=O) groups is 1. The van der Waals surface area contributed by atoms with Crippen molar-refractivity contribution in [2.45, 2.75) is 13.0 Å². The average molecular weight is 227 g/mol. The molecule has 4 N–H and O–H groups in total. The molecule has 0 radical (unpaired) electrons. The van der Waals surface area contributed by atoms with Crippen LogP contribution >= 0.6 is 7.60 Å². The Bertz CT molecular complexity index is 226. The predicted molar refractivity (Wildman–Crippen MR) is 47.6 cm³/mol. The number of esters is 1. The fourth-order valence-electron chi connectivity index (χ4n) is 0.694. The van der Waals surface area contributed by atoms with E-state index in [1.807, 2.05) is 0 Å². The molecule has 0 bridgehead atoms. The van der Waals surface area contributed by atoms with E-state index in [-0.39, 0.29) is 6.61 Å². The minimum absolute atomic E-state index is 0.146. The summed E-state index contributed by atoms with van der Waals surface area (Å²) in [5.74, 6) is -0.733. The van der Waals surface area contributed by atoms with E-state index in [4.69, 9.17) is 14.9 Å². The van der Waals surface area contributed by atoms with Gasteiger partial charge in [0, 0.05) is 0 Å². The van der Waals surface area contributed by atoms with Gasteiger partial charge in [0.25, 0.3) is 0 Å². The fraction of sp³-hybridized carbons (Fsp3) is 0.833. The standard InChI is InChI=1S/C6H14NO6P/c1-2-13-6(9)5(3-8)7-4-14(10,11)12/h5,7-8H,2-4H2,1H3,(H2,10,11,12)/t5-/m0/s1. The first-order valence-corrected chi connectivity index (χ1v) is 5.76. The summed E-state index contributed by atoms with van der Waals surface area (Å²) >= 11 is 0. The van der Waals surface area contributed by atoms with Crippen LogP contribution in [-0.4, -0.2) is 46.4 Å². The summed E-state index contributed by atoms with van der Waals surface area (Å²) in [6.07, 6.45) is -0.670. The van der Waals surface area contributed by atoms with Gasteiger partial charge in [-0.3, -0.25) is 14.7 Å². The van der Waals surface area contributed by atoms with Crippen molar-refractivity contribution in [3.8, 4) is 0 Å². The molecule has 0 unspecified atom stereocenters. The molecule has 0 aromatic heterocycles. The molecule has 0 aromatic carbocycles. The minimum Gasteiger partial charge on any atom is -0.465 e. The number of aliphatic hydroxyl groups is 1. The normalized spacial score (nSPS) is 13.7. The van der Waals surface area contributed by atoms with Crippen LogP contribution in [0.3, 0.4) is 0 Å². The van der Waals surface area contributed by atoms with Crippen molar-refractivity contribution >= 4 is 13.6 Å². The van der Waals surface area contributed by atoms with E-state index in [1.54, 1.807) is 6.92 Å². The zero-order chi connectivity index (χ0) is 11.2. The van der Waals surface area contributed by atoms with Crippen molar-refractivity contribution < 1.29 is 29.0 Å². The molecule has 0 aromatic rings. The highest BCUT2D eigenvalue weighted by Crippen LogP contribution is 2.32. The van der Waals surface area contributed by atoms with Gasteiger partial charge in [0.2, 0.25) is 0 Å². The van der Waals surface area contributed by atoms with E-state index in [0.717, 1.165) is 0 Å². The van der Waals surface area contributed by atoms with Crippen LogP contribution in [0.1, 0.15) is 6.92 Å². The SMILES string of the molecule is CCOC(=O)[C@H](CO)NCP(=O)(O)O. The van der Waals surface area contributed by atoms with Crippen molar-refractivity contribution in [1.82, 2.24) is 5.32 Å². The number of nitrogens with one attached hydrogen (secondary N) is 1. The third kappa shape index (κ3) is 6.06. The van der Waals surface area contributed by atoms with Crippen molar-refractivity contribution in [1.29, 1.82) is 0 Å². The summed E-state index contributed by atoms with van der Waals surface area (Å²) in [5, 5.41) is 10.9. The Morgan fingerprint density at radius 2 is 2.14 bits per heavy atom. The molecule has 0 aliphatic rings. The third-order valence-electron chi connectivity index (χ3n) is 1.30. The molecule has 0 saturated carbocycles. The number of aliphatic hydroxyl groups excluding tert-OH is 1. The number of hydrogen-bond donors (Lipinski definition) is 4. The van der Waals surface area contributed by atoms with Crippen LogP contribution in [0.4, 0.5) is 0 Å². The smallest absolute Gasteiger partial charge is 0.339 e. The van der Waals surface area contributed by atoms with E-state index < -0.39 is 32.5 Å². The number of ether oxygens (including phenoxy) is 1. The molecule has 0 aliphatic heterocycles. The Morgan fingerprint density at radius 3 is 2.50 bits per heavy atom. The van der Waals surface area contributed by atoms with Crippen molar-refractivity contribution in [3.63, 3.8) is 0 Å². The molecule has 14 heavy (non-hydrogen) atoms. The summed E-state index contributed by atoms with van der Waals surface area (Å²) in [6.45, 7) is 1.17. The summed E-state index contributed by atoms with van der Waals surface area (Å²) < 4.78 is 15.0. The lowest BCUT2D eigenvalue weighted by molar-refractivity contribution is -0.146. The van der Waals surface area contributed by atoms with Gasteiger partial charge in [0.05, 0.1) is 19.5 Å². The van der Waals surface area contributed by atoms with Gasteiger partial charge in [-0.15, -0.1) is 0 Å². The molecular weight excluding hydrogens is 213 g/mol. The second-order valence-corrected chi connectivity index (χ2v) is 4.16. The van der Waals surface area contributed by atoms with Gasteiger partial charge >= 0.3 is 13.6 Å². The van der Waals surface area contributed by atoms with Gasteiger partial charge in [-0.25, -0.2) is 0 Å². The molecule has 0 fully saturated rings. The minimum atomic E-state index is -4.22. The highest BCUT2D eigenvalue weighted by molar-refractivity contribution is 7.51. The lowest BCUT2D eigenvalue weighted by Crippen LogP contribution is -2.41. The zero-order valence-electron chi connectivity index (χ0n) is 7.71. The second kappa shape index (κ2) is 6.10. The first kappa shape index (κ1) is 13.5. The van der Waals surface area contributed by atoms with Gasteiger partial charge in [-0.2, -0.15) is 0 Å². The van der Waals surface area contributed by atoms with E-state index in [9.17, 15) is 9.36 Å². The Hall–Kier alpha value is -0.460. The summed E-state index contributed by atoms with van der Waals surface area (Å²) in [5.41, 5.74) is 0. The van der Waals surface area contributed by atoms with E-state index in [1.165, 1.54) is 0 Å². The van der Waals surface area contributed by atoms with E-state index in [2.05, 4.69) is 10.1 Å². The van der Waals surface area contributed by atoms with Crippen LogP contribution < -0.4 is 5.32 Å². The molecule has 7 nitrogen and oxygen atoms in total. The average Bonchev–Trinajstić information content (AvgIpc) is 2.03. The van der Waals surface area contributed by atoms with Gasteiger partial charge in [0.15, 0.2) is 0 Å². The first-order valence-electron chi connectivity index (χ1n) is 3.96. The topological polar surface area (TPSA) is 116 Å². The fourth-order valence-corrected chi connectivity index (χ4v) is 1.15. The molecule has 84 valence electrons. The highest BCUT2D eigenvalue weighted by Gasteiger charge is 2.22.